The summed E-state index contributed by atoms with van der Waals surface area (Å²) in [4.78, 5) is 14.0. The second-order valence-corrected chi connectivity index (χ2v) is 4.90. The number of nitrogens with two attached hydrogens (primary N) is 1. The van der Waals surface area contributed by atoms with Gasteiger partial charge in [0.05, 0.1) is 6.04 Å². The van der Waals surface area contributed by atoms with Crippen LogP contribution in [0.1, 0.15) is 25.3 Å². The van der Waals surface area contributed by atoms with Crippen LogP contribution in [0.15, 0.2) is 18.2 Å². The molecule has 1 atom stereocenters. The Bertz CT molecular complexity index is 445. The maximum Gasteiger partial charge on any atom is 0.241 e. The smallest absolute Gasteiger partial charge is 0.241 e. The Kier molecular flexibility index (Phi) is 3.87. The van der Waals surface area contributed by atoms with Crippen LogP contribution in [0, 0.1) is 0 Å². The van der Waals surface area contributed by atoms with Crippen molar-refractivity contribution in [2.75, 3.05) is 23.8 Å². The first kappa shape index (κ1) is 12.9. The van der Waals surface area contributed by atoms with Crippen LogP contribution in [-0.2, 0) is 11.2 Å². The van der Waals surface area contributed by atoms with Crippen LogP contribution in [0.3, 0.4) is 0 Å². The number of amides is 1. The number of benzene rings is 1. The maximum atomic E-state index is 11.8. The molecule has 0 saturated carbocycles. The standard InChI is InChI=1S/C14H21N3O/c1-3-4-12(15)14(18)16-11-6-5-10-7-8-17(2)13(10)9-11/h5-6,9,12H,3-4,7-8,15H2,1-2H3,(H,16,18). The molecule has 1 amide bonds. The third-order valence-corrected chi connectivity index (χ3v) is 3.42. The largest absolute Gasteiger partial charge is 0.374 e. The van der Waals surface area contributed by atoms with Gasteiger partial charge in [-0.3, -0.25) is 4.79 Å². The third-order valence-electron chi connectivity index (χ3n) is 3.42. The third kappa shape index (κ3) is 2.64. The predicted octanol–water partition coefficient (Wildman–Crippen LogP) is 1.74. The van der Waals surface area contributed by atoms with Crippen LogP contribution >= 0.6 is 0 Å². The SMILES string of the molecule is CCCC(N)C(=O)Nc1ccc2c(c1)N(C)CC2. The van der Waals surface area contributed by atoms with Crippen molar-refractivity contribution in [2.45, 2.75) is 32.2 Å². The Morgan fingerprint density at radius 1 is 1.56 bits per heavy atom. The summed E-state index contributed by atoms with van der Waals surface area (Å²) in [6.07, 6.45) is 2.72. The number of hydrogen-bond donors (Lipinski definition) is 2. The minimum Gasteiger partial charge on any atom is -0.374 e. The zero-order chi connectivity index (χ0) is 13.1. The summed E-state index contributed by atoms with van der Waals surface area (Å²) in [6, 6.07) is 5.65. The molecule has 0 spiro atoms. The first-order valence-corrected chi connectivity index (χ1v) is 6.52. The first-order chi connectivity index (χ1) is 8.61. The Morgan fingerprint density at radius 2 is 2.33 bits per heavy atom. The van der Waals surface area contributed by atoms with E-state index in [1.54, 1.807) is 0 Å². The van der Waals surface area contributed by atoms with Gasteiger partial charge >= 0.3 is 0 Å². The summed E-state index contributed by atoms with van der Waals surface area (Å²) in [5, 5.41) is 2.89. The van der Waals surface area contributed by atoms with Crippen LogP contribution in [0.5, 0.6) is 0 Å². The molecule has 1 aliphatic rings. The quantitative estimate of drug-likeness (QED) is 0.852. The fourth-order valence-corrected chi connectivity index (χ4v) is 2.29. The Morgan fingerprint density at radius 3 is 3.06 bits per heavy atom. The highest BCUT2D eigenvalue weighted by Crippen LogP contribution is 2.29. The van der Waals surface area contributed by atoms with E-state index in [1.165, 1.54) is 11.3 Å². The number of rotatable bonds is 4. The zero-order valence-electron chi connectivity index (χ0n) is 11.1. The van der Waals surface area contributed by atoms with Gasteiger partial charge in [-0.15, -0.1) is 0 Å². The second kappa shape index (κ2) is 5.40. The zero-order valence-corrected chi connectivity index (χ0v) is 11.1. The molecule has 98 valence electrons. The van der Waals surface area contributed by atoms with Gasteiger partial charge in [0, 0.05) is 25.0 Å². The van der Waals surface area contributed by atoms with Crippen molar-refractivity contribution >= 4 is 17.3 Å². The predicted molar refractivity (Wildman–Crippen MR) is 74.9 cm³/mol. The number of likely N-dealkylation sites (N-methyl/N-ethyl adjacent to an activating group) is 1. The van der Waals surface area contributed by atoms with E-state index in [4.69, 9.17) is 5.73 Å². The molecule has 3 N–H and O–H groups in total. The normalized spacial score (nSPS) is 15.4. The summed E-state index contributed by atoms with van der Waals surface area (Å²) >= 11 is 0. The molecule has 0 radical (unpaired) electrons. The Labute approximate surface area is 108 Å². The molecule has 0 bridgehead atoms. The highest BCUT2D eigenvalue weighted by Gasteiger charge is 2.17. The average molecular weight is 247 g/mol. The molecule has 0 saturated heterocycles. The van der Waals surface area contributed by atoms with Crippen molar-refractivity contribution in [1.29, 1.82) is 0 Å². The maximum absolute atomic E-state index is 11.8. The van der Waals surface area contributed by atoms with Crippen molar-refractivity contribution in [1.82, 2.24) is 0 Å². The van der Waals surface area contributed by atoms with E-state index in [9.17, 15) is 4.79 Å². The minimum atomic E-state index is -0.416. The van der Waals surface area contributed by atoms with Crippen molar-refractivity contribution in [2.24, 2.45) is 5.73 Å². The molecule has 0 aliphatic carbocycles. The Balaban J connectivity index is 2.07. The van der Waals surface area contributed by atoms with Gasteiger partial charge in [0.25, 0.3) is 0 Å². The molecular weight excluding hydrogens is 226 g/mol. The number of nitrogens with one attached hydrogen (secondary N) is 1. The molecule has 4 heteroatoms. The minimum absolute atomic E-state index is 0.0996. The van der Waals surface area contributed by atoms with E-state index in [2.05, 4.69) is 23.3 Å². The van der Waals surface area contributed by atoms with Crippen LogP contribution in [0.2, 0.25) is 0 Å². The van der Waals surface area contributed by atoms with E-state index < -0.39 is 6.04 Å². The van der Waals surface area contributed by atoms with Gasteiger partial charge in [0.2, 0.25) is 5.91 Å². The fourth-order valence-electron chi connectivity index (χ4n) is 2.29. The van der Waals surface area contributed by atoms with Gasteiger partial charge in [0.15, 0.2) is 0 Å². The molecular formula is C14H21N3O. The second-order valence-electron chi connectivity index (χ2n) is 4.90. The highest BCUT2D eigenvalue weighted by atomic mass is 16.2. The van der Waals surface area contributed by atoms with E-state index in [0.717, 1.165) is 31.5 Å². The summed E-state index contributed by atoms with van der Waals surface area (Å²) in [5.74, 6) is -0.0996. The fraction of sp³-hybridized carbons (Fsp3) is 0.500. The lowest BCUT2D eigenvalue weighted by atomic mass is 10.1. The van der Waals surface area contributed by atoms with Crippen molar-refractivity contribution in [3.63, 3.8) is 0 Å². The number of hydrogen-bond acceptors (Lipinski definition) is 3. The van der Waals surface area contributed by atoms with E-state index >= 15 is 0 Å². The number of carbonyl (C=O) groups excluding carboxylic acids is 1. The number of nitrogens with zero attached hydrogens (tertiary/aromatic N) is 1. The molecule has 1 aliphatic heterocycles. The van der Waals surface area contributed by atoms with E-state index in [1.807, 2.05) is 19.1 Å². The molecule has 1 heterocycles. The van der Waals surface area contributed by atoms with Gasteiger partial charge in [-0.25, -0.2) is 0 Å². The number of carbonyl (C=O) groups is 1. The lowest BCUT2D eigenvalue weighted by molar-refractivity contribution is -0.117. The van der Waals surface area contributed by atoms with Gasteiger partial charge in [-0.05, 0) is 30.5 Å². The molecule has 18 heavy (non-hydrogen) atoms. The molecule has 4 nitrogen and oxygen atoms in total. The van der Waals surface area contributed by atoms with Crippen molar-refractivity contribution in [3.8, 4) is 0 Å². The molecule has 1 unspecified atom stereocenters. The lowest BCUT2D eigenvalue weighted by Crippen LogP contribution is -2.35. The highest BCUT2D eigenvalue weighted by molar-refractivity contribution is 5.95. The molecule has 0 aromatic heterocycles. The summed E-state index contributed by atoms with van der Waals surface area (Å²) in [6.45, 7) is 3.07. The molecule has 0 fully saturated rings. The van der Waals surface area contributed by atoms with E-state index in [0.29, 0.717) is 0 Å². The topological polar surface area (TPSA) is 58.4 Å². The van der Waals surface area contributed by atoms with Crippen molar-refractivity contribution < 1.29 is 4.79 Å². The van der Waals surface area contributed by atoms with Gasteiger partial charge in [0.1, 0.15) is 0 Å². The van der Waals surface area contributed by atoms with Crippen LogP contribution in [0.4, 0.5) is 11.4 Å². The molecule has 1 aromatic carbocycles. The van der Waals surface area contributed by atoms with Gasteiger partial charge in [-0.2, -0.15) is 0 Å². The lowest BCUT2D eigenvalue weighted by Gasteiger charge is -2.15. The van der Waals surface area contributed by atoms with Crippen molar-refractivity contribution in [3.05, 3.63) is 23.8 Å². The summed E-state index contributed by atoms with van der Waals surface area (Å²) in [7, 11) is 2.07. The summed E-state index contributed by atoms with van der Waals surface area (Å²) < 4.78 is 0. The Hall–Kier alpha value is -1.55. The average Bonchev–Trinajstić information content (AvgIpc) is 2.71. The molecule has 2 rings (SSSR count). The van der Waals surface area contributed by atoms with Crippen LogP contribution < -0.4 is 16.0 Å². The number of anilines is 2. The van der Waals surface area contributed by atoms with Gasteiger partial charge in [-0.1, -0.05) is 19.4 Å². The number of fused-ring (bicyclic) bond motifs is 1. The van der Waals surface area contributed by atoms with Gasteiger partial charge < -0.3 is 16.0 Å². The van der Waals surface area contributed by atoms with Crippen LogP contribution in [-0.4, -0.2) is 25.5 Å². The monoisotopic (exact) mass is 247 g/mol. The van der Waals surface area contributed by atoms with Crippen LogP contribution in [0.25, 0.3) is 0 Å². The van der Waals surface area contributed by atoms with E-state index in [-0.39, 0.29) is 5.91 Å². The summed E-state index contributed by atoms with van der Waals surface area (Å²) in [5.41, 5.74) is 9.17. The molecule has 1 aromatic rings. The first-order valence-electron chi connectivity index (χ1n) is 6.52.